The van der Waals surface area contributed by atoms with Gasteiger partial charge in [-0.3, -0.25) is 4.68 Å². The van der Waals surface area contributed by atoms with Crippen LogP contribution in [0.4, 0.5) is 4.39 Å². The fourth-order valence-electron chi connectivity index (χ4n) is 1.72. The highest BCUT2D eigenvalue weighted by atomic mass is 35.5. The van der Waals surface area contributed by atoms with Crippen LogP contribution in [-0.4, -0.2) is 20.8 Å². The molecule has 1 aromatic carbocycles. The van der Waals surface area contributed by atoms with Crippen molar-refractivity contribution in [2.75, 3.05) is 0 Å². The topological polar surface area (TPSA) is 76.4 Å². The highest BCUT2D eigenvalue weighted by Crippen LogP contribution is 2.17. The Balaban J connectivity index is 2.43. The van der Waals surface area contributed by atoms with Crippen LogP contribution in [-0.2, 0) is 6.54 Å². The number of hydrogen-bond donors (Lipinski definition) is 2. The molecule has 100 valence electrons. The maximum atomic E-state index is 13.2. The molecule has 7 heteroatoms. The lowest BCUT2D eigenvalue weighted by molar-refractivity contribution is 0.318. The standard InChI is InChI=1S/C12H12ClFN4O/c1-7-11(13)5-16-18(7)6-8-2-3-9(14)4-10(8)12(15)17-19/h2-5,19H,6H2,1H3,(H2,15,17). The van der Waals surface area contributed by atoms with Gasteiger partial charge >= 0.3 is 0 Å². The maximum Gasteiger partial charge on any atom is 0.170 e. The number of halogens is 2. The Labute approximate surface area is 114 Å². The predicted molar refractivity (Wildman–Crippen MR) is 70.0 cm³/mol. The van der Waals surface area contributed by atoms with E-state index in [9.17, 15) is 4.39 Å². The molecule has 0 aliphatic carbocycles. The van der Waals surface area contributed by atoms with Crippen molar-refractivity contribution in [2.45, 2.75) is 13.5 Å². The molecule has 0 bridgehead atoms. The first-order chi connectivity index (χ1) is 9.02. The number of hydrogen-bond acceptors (Lipinski definition) is 3. The van der Waals surface area contributed by atoms with Gasteiger partial charge in [0.2, 0.25) is 0 Å². The number of benzene rings is 1. The van der Waals surface area contributed by atoms with Crippen molar-refractivity contribution in [3.8, 4) is 0 Å². The fourth-order valence-corrected chi connectivity index (χ4v) is 1.86. The molecule has 0 atom stereocenters. The highest BCUT2D eigenvalue weighted by molar-refractivity contribution is 6.31. The third-order valence-electron chi connectivity index (χ3n) is 2.82. The van der Waals surface area contributed by atoms with Gasteiger partial charge in [0.15, 0.2) is 5.84 Å². The normalized spacial score (nSPS) is 11.8. The molecule has 1 aromatic heterocycles. The Morgan fingerprint density at radius 3 is 2.89 bits per heavy atom. The Morgan fingerprint density at radius 1 is 1.58 bits per heavy atom. The minimum absolute atomic E-state index is 0.148. The Morgan fingerprint density at radius 2 is 2.32 bits per heavy atom. The molecule has 0 unspecified atom stereocenters. The number of aromatic nitrogens is 2. The van der Waals surface area contributed by atoms with Gasteiger partial charge < -0.3 is 10.9 Å². The fraction of sp³-hybridized carbons (Fsp3) is 0.167. The predicted octanol–water partition coefficient (Wildman–Crippen LogP) is 2.13. The zero-order valence-corrected chi connectivity index (χ0v) is 10.9. The van der Waals surface area contributed by atoms with Crippen molar-refractivity contribution in [3.63, 3.8) is 0 Å². The second-order valence-corrected chi connectivity index (χ2v) is 4.43. The van der Waals surface area contributed by atoms with Crippen LogP contribution in [0.1, 0.15) is 16.8 Å². The minimum atomic E-state index is -0.458. The highest BCUT2D eigenvalue weighted by Gasteiger charge is 2.11. The number of rotatable bonds is 3. The second kappa shape index (κ2) is 5.27. The zero-order valence-electron chi connectivity index (χ0n) is 10.1. The van der Waals surface area contributed by atoms with Crippen LogP contribution >= 0.6 is 11.6 Å². The van der Waals surface area contributed by atoms with Crippen LogP contribution in [0.15, 0.2) is 29.6 Å². The molecule has 2 aromatic rings. The minimum Gasteiger partial charge on any atom is -0.409 e. The van der Waals surface area contributed by atoms with Gasteiger partial charge in [-0.1, -0.05) is 22.8 Å². The molecule has 0 fully saturated rings. The first-order valence-corrected chi connectivity index (χ1v) is 5.85. The average molecular weight is 283 g/mol. The maximum absolute atomic E-state index is 13.2. The number of oxime groups is 1. The molecule has 0 aliphatic rings. The summed E-state index contributed by atoms with van der Waals surface area (Å²) in [4.78, 5) is 0. The second-order valence-electron chi connectivity index (χ2n) is 4.02. The number of nitrogens with two attached hydrogens (primary N) is 1. The van der Waals surface area contributed by atoms with Crippen LogP contribution in [0.3, 0.4) is 0 Å². The summed E-state index contributed by atoms with van der Waals surface area (Å²) in [6.45, 7) is 2.17. The summed E-state index contributed by atoms with van der Waals surface area (Å²) >= 11 is 5.92. The lowest BCUT2D eigenvalue weighted by atomic mass is 10.1. The SMILES string of the molecule is Cc1c(Cl)cnn1Cc1ccc(F)cc1C(N)=NO. The van der Waals surface area contributed by atoms with Crippen LogP contribution in [0.2, 0.25) is 5.02 Å². The molecular formula is C12H12ClFN4O. The van der Waals surface area contributed by atoms with Crippen LogP contribution in [0.25, 0.3) is 0 Å². The molecule has 0 amide bonds. The molecule has 3 N–H and O–H groups in total. The third-order valence-corrected chi connectivity index (χ3v) is 3.19. The van der Waals surface area contributed by atoms with Gasteiger partial charge in [0.1, 0.15) is 5.82 Å². The summed E-state index contributed by atoms with van der Waals surface area (Å²) in [5.74, 6) is -0.606. The van der Waals surface area contributed by atoms with Gasteiger partial charge in [-0.25, -0.2) is 4.39 Å². The number of nitrogens with zero attached hydrogens (tertiary/aromatic N) is 3. The summed E-state index contributed by atoms with van der Waals surface area (Å²) in [6, 6.07) is 4.09. The van der Waals surface area contributed by atoms with Gasteiger partial charge in [-0.05, 0) is 24.6 Å². The Hall–Kier alpha value is -2.08. The quantitative estimate of drug-likeness (QED) is 0.392. The van der Waals surface area contributed by atoms with E-state index in [1.165, 1.54) is 18.3 Å². The Kier molecular flexibility index (Phi) is 3.71. The van der Waals surface area contributed by atoms with E-state index in [4.69, 9.17) is 22.5 Å². The van der Waals surface area contributed by atoms with E-state index < -0.39 is 5.82 Å². The summed E-state index contributed by atoms with van der Waals surface area (Å²) < 4.78 is 14.9. The van der Waals surface area contributed by atoms with Crippen molar-refractivity contribution >= 4 is 17.4 Å². The monoisotopic (exact) mass is 282 g/mol. The third kappa shape index (κ3) is 2.68. The molecule has 19 heavy (non-hydrogen) atoms. The largest absolute Gasteiger partial charge is 0.409 e. The van der Waals surface area contributed by atoms with E-state index in [0.717, 1.165) is 5.69 Å². The van der Waals surface area contributed by atoms with Crippen LogP contribution in [0, 0.1) is 12.7 Å². The summed E-state index contributed by atoms with van der Waals surface area (Å²) in [5, 5.41) is 16.3. The summed E-state index contributed by atoms with van der Waals surface area (Å²) in [6.07, 6.45) is 1.53. The van der Waals surface area contributed by atoms with E-state index in [1.54, 1.807) is 10.7 Å². The molecular weight excluding hydrogens is 271 g/mol. The average Bonchev–Trinajstić information content (AvgIpc) is 2.71. The molecule has 0 aliphatic heterocycles. The van der Waals surface area contributed by atoms with Crippen LogP contribution in [0.5, 0.6) is 0 Å². The first-order valence-electron chi connectivity index (χ1n) is 5.47. The lowest BCUT2D eigenvalue weighted by Gasteiger charge is -2.10. The molecule has 0 saturated heterocycles. The van der Waals surface area contributed by atoms with Crippen molar-refractivity contribution in [3.05, 3.63) is 52.1 Å². The number of amidine groups is 1. The Bertz CT molecular complexity index is 639. The summed E-state index contributed by atoms with van der Waals surface area (Å²) in [5.41, 5.74) is 7.33. The van der Waals surface area contributed by atoms with Gasteiger partial charge in [0.05, 0.1) is 23.5 Å². The molecule has 0 spiro atoms. The molecule has 0 radical (unpaired) electrons. The van der Waals surface area contributed by atoms with Crippen molar-refractivity contribution in [1.29, 1.82) is 0 Å². The van der Waals surface area contributed by atoms with Gasteiger partial charge in [-0.15, -0.1) is 0 Å². The zero-order chi connectivity index (χ0) is 14.0. The van der Waals surface area contributed by atoms with Crippen LogP contribution < -0.4 is 5.73 Å². The first kappa shape index (κ1) is 13.4. The van der Waals surface area contributed by atoms with E-state index in [0.29, 0.717) is 22.7 Å². The van der Waals surface area contributed by atoms with Crippen molar-refractivity contribution in [2.24, 2.45) is 10.9 Å². The van der Waals surface area contributed by atoms with E-state index in [2.05, 4.69) is 10.3 Å². The van der Waals surface area contributed by atoms with Gasteiger partial charge in [0.25, 0.3) is 0 Å². The van der Waals surface area contributed by atoms with E-state index in [1.807, 2.05) is 6.92 Å². The van der Waals surface area contributed by atoms with Crippen molar-refractivity contribution < 1.29 is 9.60 Å². The van der Waals surface area contributed by atoms with E-state index in [-0.39, 0.29) is 5.84 Å². The molecule has 0 saturated carbocycles. The van der Waals surface area contributed by atoms with E-state index >= 15 is 0 Å². The molecule has 1 heterocycles. The van der Waals surface area contributed by atoms with Crippen molar-refractivity contribution in [1.82, 2.24) is 9.78 Å². The molecule has 5 nitrogen and oxygen atoms in total. The summed E-state index contributed by atoms with van der Waals surface area (Å²) in [7, 11) is 0. The smallest absolute Gasteiger partial charge is 0.170 e. The van der Waals surface area contributed by atoms with Gasteiger partial charge in [-0.2, -0.15) is 5.10 Å². The van der Waals surface area contributed by atoms with Gasteiger partial charge in [0, 0.05) is 5.56 Å². The lowest BCUT2D eigenvalue weighted by Crippen LogP contribution is -2.17. The molecule has 2 rings (SSSR count).